The third kappa shape index (κ3) is 3.50. The number of anilines is 1. The van der Waals surface area contributed by atoms with Crippen LogP contribution in [-0.2, 0) is 10.1 Å². The maximum Gasteiger partial charge on any atom is 0.298 e. The zero-order chi connectivity index (χ0) is 20.6. The van der Waals surface area contributed by atoms with E-state index in [9.17, 15) is 33.0 Å². The molecule has 3 aromatic rings. The summed E-state index contributed by atoms with van der Waals surface area (Å²) in [5, 5.41) is 24.0. The number of aryl methyl sites for hydroxylation is 1. The van der Waals surface area contributed by atoms with Crippen molar-refractivity contribution in [3.63, 3.8) is 0 Å². The molecule has 1 amide bonds. The molecule has 0 bridgehead atoms. The first kappa shape index (κ1) is 19.3. The van der Waals surface area contributed by atoms with Gasteiger partial charge in [0.2, 0.25) is 0 Å². The van der Waals surface area contributed by atoms with Crippen LogP contribution in [0, 0.1) is 17.0 Å². The second-order valence-corrected chi connectivity index (χ2v) is 7.38. The molecule has 144 valence electrons. The van der Waals surface area contributed by atoms with Crippen LogP contribution in [0.15, 0.2) is 53.4 Å². The maximum atomic E-state index is 12.7. The first-order chi connectivity index (χ1) is 13.1. The summed E-state index contributed by atoms with van der Waals surface area (Å²) < 4.78 is 32.6. The van der Waals surface area contributed by atoms with Gasteiger partial charge in [0.05, 0.1) is 10.6 Å². The number of benzene rings is 3. The van der Waals surface area contributed by atoms with Crippen molar-refractivity contribution in [1.29, 1.82) is 0 Å². The Labute approximate surface area is 159 Å². The normalized spacial score (nSPS) is 11.4. The number of nitrogens with zero attached hydrogens (tertiary/aromatic N) is 1. The van der Waals surface area contributed by atoms with E-state index in [4.69, 9.17) is 0 Å². The Hall–Kier alpha value is -3.50. The maximum absolute atomic E-state index is 12.7. The molecule has 10 heteroatoms. The van der Waals surface area contributed by atoms with Crippen molar-refractivity contribution in [2.75, 3.05) is 5.32 Å². The van der Waals surface area contributed by atoms with Crippen LogP contribution >= 0.6 is 0 Å². The molecule has 0 aliphatic carbocycles. The number of hydrogen-bond donors (Lipinski definition) is 3. The van der Waals surface area contributed by atoms with Crippen LogP contribution in [0.25, 0.3) is 10.8 Å². The molecule has 28 heavy (non-hydrogen) atoms. The van der Waals surface area contributed by atoms with Crippen molar-refractivity contribution in [3.05, 3.63) is 69.8 Å². The van der Waals surface area contributed by atoms with Crippen LogP contribution in [0.3, 0.4) is 0 Å². The number of rotatable bonds is 4. The Kier molecular flexibility index (Phi) is 4.75. The predicted octanol–water partition coefficient (Wildman–Crippen LogP) is 3.26. The molecule has 0 fully saturated rings. The minimum atomic E-state index is -4.73. The van der Waals surface area contributed by atoms with E-state index in [-0.39, 0.29) is 22.0 Å². The lowest BCUT2D eigenvalue weighted by Crippen LogP contribution is -2.15. The first-order valence-corrected chi connectivity index (χ1v) is 9.32. The highest BCUT2D eigenvalue weighted by Gasteiger charge is 2.24. The monoisotopic (exact) mass is 402 g/mol. The number of carbonyl (C=O) groups excluding carboxylic acids is 1. The highest BCUT2D eigenvalue weighted by Crippen LogP contribution is 2.37. The van der Waals surface area contributed by atoms with Gasteiger partial charge in [0.15, 0.2) is 0 Å². The van der Waals surface area contributed by atoms with Gasteiger partial charge in [0, 0.05) is 22.9 Å². The zero-order valence-corrected chi connectivity index (χ0v) is 15.2. The smallest absolute Gasteiger partial charge is 0.298 e. The minimum absolute atomic E-state index is 0.0148. The summed E-state index contributed by atoms with van der Waals surface area (Å²) in [7, 11) is -4.73. The molecule has 0 aromatic heterocycles. The summed E-state index contributed by atoms with van der Waals surface area (Å²) in [6.45, 7) is 1.67. The number of phenolic OH excluding ortho intramolecular Hbond substituents is 1. The van der Waals surface area contributed by atoms with Gasteiger partial charge in [-0.25, -0.2) is 0 Å². The highest BCUT2D eigenvalue weighted by atomic mass is 32.2. The standard InChI is InChI=1S/C18H14N2O7S/c1-10-6-7-15(20(23)24)13(8-10)18(22)19-14-9-16(21)17(28(25,26)27)12-5-3-2-4-11(12)14/h2-9,21H,1H3,(H,19,22)(H,25,26,27). The molecule has 0 heterocycles. The lowest BCUT2D eigenvalue weighted by Gasteiger charge is -2.13. The van der Waals surface area contributed by atoms with E-state index in [1.165, 1.54) is 36.4 Å². The fourth-order valence-electron chi connectivity index (χ4n) is 2.89. The molecule has 9 nitrogen and oxygen atoms in total. The van der Waals surface area contributed by atoms with Gasteiger partial charge in [-0.3, -0.25) is 19.5 Å². The van der Waals surface area contributed by atoms with Crippen molar-refractivity contribution >= 4 is 38.2 Å². The Bertz CT molecular complexity index is 1240. The lowest BCUT2D eigenvalue weighted by atomic mass is 10.1. The van der Waals surface area contributed by atoms with Crippen molar-refractivity contribution in [2.24, 2.45) is 0 Å². The van der Waals surface area contributed by atoms with Crippen LogP contribution in [0.5, 0.6) is 5.75 Å². The molecule has 0 spiro atoms. The number of nitro groups is 1. The minimum Gasteiger partial charge on any atom is -0.506 e. The molecular formula is C18H14N2O7S. The first-order valence-electron chi connectivity index (χ1n) is 7.88. The molecule has 0 radical (unpaired) electrons. The van der Waals surface area contributed by atoms with Crippen molar-refractivity contribution in [2.45, 2.75) is 11.8 Å². The van der Waals surface area contributed by atoms with Crippen LogP contribution in [-0.4, -0.2) is 28.9 Å². The van der Waals surface area contributed by atoms with E-state index < -0.39 is 37.3 Å². The topological polar surface area (TPSA) is 147 Å². The molecule has 3 rings (SSSR count). The second kappa shape index (κ2) is 6.91. The van der Waals surface area contributed by atoms with Crippen LogP contribution in [0.1, 0.15) is 15.9 Å². The van der Waals surface area contributed by atoms with E-state index in [0.29, 0.717) is 5.56 Å². The Morgan fingerprint density at radius 1 is 1.11 bits per heavy atom. The summed E-state index contributed by atoms with van der Waals surface area (Å²) >= 11 is 0. The Morgan fingerprint density at radius 3 is 2.36 bits per heavy atom. The largest absolute Gasteiger partial charge is 0.506 e. The fourth-order valence-corrected chi connectivity index (χ4v) is 3.67. The van der Waals surface area contributed by atoms with E-state index in [2.05, 4.69) is 5.32 Å². The summed E-state index contributed by atoms with van der Waals surface area (Å²) in [6, 6.07) is 10.9. The number of aromatic hydroxyl groups is 1. The van der Waals surface area contributed by atoms with Crippen molar-refractivity contribution in [1.82, 2.24) is 0 Å². The third-order valence-electron chi connectivity index (χ3n) is 4.08. The van der Waals surface area contributed by atoms with Crippen LogP contribution in [0.2, 0.25) is 0 Å². The van der Waals surface area contributed by atoms with Gasteiger partial charge in [-0.1, -0.05) is 30.3 Å². The molecule has 3 aromatic carbocycles. The van der Waals surface area contributed by atoms with Crippen molar-refractivity contribution < 1.29 is 27.8 Å². The number of hydrogen-bond acceptors (Lipinski definition) is 6. The van der Waals surface area contributed by atoms with E-state index in [0.717, 1.165) is 6.07 Å². The van der Waals surface area contributed by atoms with Gasteiger partial charge >= 0.3 is 0 Å². The summed E-state index contributed by atoms with van der Waals surface area (Å²) in [6.07, 6.45) is 0. The molecule has 0 aliphatic heterocycles. The van der Waals surface area contributed by atoms with Gasteiger partial charge in [-0.05, 0) is 18.6 Å². The van der Waals surface area contributed by atoms with E-state index in [1.807, 2.05) is 0 Å². The molecule has 0 aliphatic rings. The van der Waals surface area contributed by atoms with Crippen LogP contribution in [0.4, 0.5) is 11.4 Å². The molecule has 3 N–H and O–H groups in total. The van der Waals surface area contributed by atoms with Gasteiger partial charge in [0.25, 0.3) is 21.7 Å². The number of phenols is 1. The predicted molar refractivity (Wildman–Crippen MR) is 101 cm³/mol. The average molecular weight is 402 g/mol. The summed E-state index contributed by atoms with van der Waals surface area (Å²) in [4.78, 5) is 22.5. The van der Waals surface area contributed by atoms with Gasteiger partial charge in [-0.15, -0.1) is 0 Å². The number of amides is 1. The second-order valence-electron chi connectivity index (χ2n) is 6.02. The van der Waals surface area contributed by atoms with E-state index >= 15 is 0 Å². The van der Waals surface area contributed by atoms with Crippen molar-refractivity contribution in [3.8, 4) is 5.75 Å². The summed E-state index contributed by atoms with van der Waals surface area (Å²) in [5.41, 5.74) is 0.0742. The molecule has 0 saturated heterocycles. The summed E-state index contributed by atoms with van der Waals surface area (Å²) in [5.74, 6) is -1.57. The number of nitro benzene ring substituents is 1. The Morgan fingerprint density at radius 2 is 1.75 bits per heavy atom. The quantitative estimate of drug-likeness (QED) is 0.345. The molecule has 0 atom stereocenters. The highest BCUT2D eigenvalue weighted by molar-refractivity contribution is 7.86. The number of carbonyl (C=O) groups is 1. The van der Waals surface area contributed by atoms with Crippen LogP contribution < -0.4 is 5.32 Å². The third-order valence-corrected chi connectivity index (χ3v) is 5.02. The molecular weight excluding hydrogens is 388 g/mol. The molecule has 0 saturated carbocycles. The van der Waals surface area contributed by atoms with E-state index in [1.54, 1.807) is 13.0 Å². The fraction of sp³-hybridized carbons (Fsp3) is 0.0556. The Balaban J connectivity index is 2.16. The number of nitrogens with one attached hydrogen (secondary N) is 1. The SMILES string of the molecule is Cc1ccc([N+](=O)[O-])c(C(=O)Nc2cc(O)c(S(=O)(=O)O)c3ccccc23)c1. The zero-order valence-electron chi connectivity index (χ0n) is 14.4. The van der Waals surface area contributed by atoms with Gasteiger partial charge in [-0.2, -0.15) is 8.42 Å². The molecule has 0 unspecified atom stereocenters. The van der Waals surface area contributed by atoms with Gasteiger partial charge < -0.3 is 10.4 Å². The van der Waals surface area contributed by atoms with Gasteiger partial charge in [0.1, 0.15) is 16.2 Å². The average Bonchev–Trinajstić information content (AvgIpc) is 2.60. The lowest BCUT2D eigenvalue weighted by molar-refractivity contribution is -0.385. The number of fused-ring (bicyclic) bond motifs is 1.